The molecule has 0 aliphatic rings. The second-order valence-corrected chi connectivity index (χ2v) is 2.06. The average molecular weight is 114 g/mol. The van der Waals surface area contributed by atoms with Gasteiger partial charge in [0.2, 0.25) is 0 Å². The van der Waals surface area contributed by atoms with Crippen molar-refractivity contribution in [1.29, 1.82) is 0 Å². The molecule has 0 rings (SSSR count). The van der Waals surface area contributed by atoms with Gasteiger partial charge in [0, 0.05) is 0 Å². The van der Waals surface area contributed by atoms with E-state index < -0.39 is 0 Å². The predicted octanol–water partition coefficient (Wildman–Crippen LogP) is 1.73. The van der Waals surface area contributed by atoms with E-state index in [1.807, 2.05) is 0 Å². The van der Waals surface area contributed by atoms with Crippen LogP contribution in [-0.4, -0.2) is 6.54 Å². The molecular weight excluding hydrogens is 98.1 g/mol. The zero-order chi connectivity index (χ0) is 6.24. The molecule has 0 fully saturated rings. The Morgan fingerprint density at radius 3 is 2.12 bits per heavy atom. The van der Waals surface area contributed by atoms with Gasteiger partial charge in [-0.3, -0.25) is 0 Å². The molecule has 0 saturated carbocycles. The lowest BCUT2D eigenvalue weighted by Gasteiger charge is -1.93. The number of rotatable bonds is 5. The molecule has 49 valence electrons. The fraction of sp³-hybridized carbons (Fsp3) is 0.857. The molecule has 0 atom stereocenters. The number of unbranched alkanes of at least 4 members (excludes halogenated alkanes) is 4. The van der Waals surface area contributed by atoms with Crippen molar-refractivity contribution in [2.45, 2.75) is 32.1 Å². The Kier molecular flexibility index (Phi) is 6.93. The van der Waals surface area contributed by atoms with Gasteiger partial charge in [0.05, 0.1) is 0 Å². The van der Waals surface area contributed by atoms with Gasteiger partial charge in [-0.15, -0.1) is 0 Å². The SMILES string of the molecule is [CH2]CCCCCCN. The van der Waals surface area contributed by atoms with Crippen molar-refractivity contribution in [3.63, 3.8) is 0 Å². The predicted molar refractivity (Wildman–Crippen MR) is 37.5 cm³/mol. The Morgan fingerprint density at radius 2 is 1.62 bits per heavy atom. The normalized spacial score (nSPS) is 9.75. The Labute approximate surface area is 52.3 Å². The first-order valence-electron chi connectivity index (χ1n) is 3.41. The van der Waals surface area contributed by atoms with E-state index in [1.165, 1.54) is 25.7 Å². The van der Waals surface area contributed by atoms with Crippen molar-refractivity contribution < 1.29 is 0 Å². The highest BCUT2D eigenvalue weighted by Gasteiger charge is 1.83. The third-order valence-electron chi connectivity index (χ3n) is 1.20. The van der Waals surface area contributed by atoms with Crippen LogP contribution in [0.5, 0.6) is 0 Å². The van der Waals surface area contributed by atoms with Crippen LogP contribution in [0.4, 0.5) is 0 Å². The summed E-state index contributed by atoms with van der Waals surface area (Å²) < 4.78 is 0. The Hall–Kier alpha value is -0.0400. The van der Waals surface area contributed by atoms with Gasteiger partial charge in [-0.1, -0.05) is 32.6 Å². The second kappa shape index (κ2) is 6.96. The maximum Gasteiger partial charge on any atom is -0.00773 e. The maximum absolute atomic E-state index is 5.30. The van der Waals surface area contributed by atoms with Crippen LogP contribution < -0.4 is 5.73 Å². The van der Waals surface area contributed by atoms with E-state index in [0.29, 0.717) is 0 Å². The average Bonchev–Trinajstić information content (AvgIpc) is 1.81. The molecule has 0 amide bonds. The minimum atomic E-state index is 0.844. The van der Waals surface area contributed by atoms with E-state index in [1.54, 1.807) is 0 Å². The van der Waals surface area contributed by atoms with Crippen molar-refractivity contribution >= 4 is 0 Å². The van der Waals surface area contributed by atoms with Crippen molar-refractivity contribution in [1.82, 2.24) is 0 Å². The van der Waals surface area contributed by atoms with Gasteiger partial charge in [0.25, 0.3) is 0 Å². The standard InChI is InChI=1S/C7H16N/c1-2-3-4-5-6-7-8/h1-8H2. The third-order valence-corrected chi connectivity index (χ3v) is 1.20. The van der Waals surface area contributed by atoms with Crippen LogP contribution in [0.15, 0.2) is 0 Å². The van der Waals surface area contributed by atoms with E-state index in [-0.39, 0.29) is 0 Å². The van der Waals surface area contributed by atoms with Crippen LogP contribution >= 0.6 is 0 Å². The lowest BCUT2D eigenvalue weighted by Crippen LogP contribution is -1.97. The van der Waals surface area contributed by atoms with Gasteiger partial charge in [0.1, 0.15) is 0 Å². The second-order valence-electron chi connectivity index (χ2n) is 2.06. The lowest BCUT2D eigenvalue weighted by atomic mass is 10.2. The summed E-state index contributed by atoms with van der Waals surface area (Å²) >= 11 is 0. The Balaban J connectivity index is 2.53. The van der Waals surface area contributed by atoms with Crippen LogP contribution in [-0.2, 0) is 0 Å². The van der Waals surface area contributed by atoms with E-state index in [9.17, 15) is 0 Å². The molecule has 0 aromatic rings. The van der Waals surface area contributed by atoms with Gasteiger partial charge in [-0.2, -0.15) is 0 Å². The highest BCUT2D eigenvalue weighted by atomic mass is 14.5. The molecule has 0 aliphatic carbocycles. The molecular formula is C7H16N. The van der Waals surface area contributed by atoms with E-state index in [2.05, 4.69) is 6.92 Å². The monoisotopic (exact) mass is 114 g/mol. The molecule has 2 N–H and O–H groups in total. The van der Waals surface area contributed by atoms with Gasteiger partial charge >= 0.3 is 0 Å². The summed E-state index contributed by atoms with van der Waals surface area (Å²) in [6.45, 7) is 4.60. The van der Waals surface area contributed by atoms with Crippen molar-refractivity contribution in [3.8, 4) is 0 Å². The molecule has 1 nitrogen and oxygen atoms in total. The van der Waals surface area contributed by atoms with Gasteiger partial charge < -0.3 is 5.73 Å². The summed E-state index contributed by atoms with van der Waals surface area (Å²) in [7, 11) is 0. The molecule has 0 spiro atoms. The first-order valence-corrected chi connectivity index (χ1v) is 3.41. The molecule has 8 heavy (non-hydrogen) atoms. The van der Waals surface area contributed by atoms with Crippen molar-refractivity contribution in [2.24, 2.45) is 5.73 Å². The van der Waals surface area contributed by atoms with Crippen LogP contribution in [0.1, 0.15) is 32.1 Å². The molecule has 0 unspecified atom stereocenters. The summed E-state index contributed by atoms with van der Waals surface area (Å²) in [5.74, 6) is 0. The molecule has 0 heterocycles. The highest BCUT2D eigenvalue weighted by molar-refractivity contribution is 4.44. The van der Waals surface area contributed by atoms with Crippen LogP contribution in [0.3, 0.4) is 0 Å². The number of nitrogens with two attached hydrogens (primary N) is 1. The van der Waals surface area contributed by atoms with Gasteiger partial charge in [0.15, 0.2) is 0 Å². The summed E-state index contributed by atoms with van der Waals surface area (Å²) in [6.07, 6.45) is 6.11. The fourth-order valence-corrected chi connectivity index (χ4v) is 0.675. The smallest absolute Gasteiger partial charge is 0.00773 e. The summed E-state index contributed by atoms with van der Waals surface area (Å²) in [4.78, 5) is 0. The highest BCUT2D eigenvalue weighted by Crippen LogP contribution is 1.99. The first kappa shape index (κ1) is 7.96. The van der Waals surface area contributed by atoms with Crippen molar-refractivity contribution in [3.05, 3.63) is 6.92 Å². The fourth-order valence-electron chi connectivity index (χ4n) is 0.675. The lowest BCUT2D eigenvalue weighted by molar-refractivity contribution is 0.652. The van der Waals surface area contributed by atoms with E-state index in [4.69, 9.17) is 5.73 Å². The molecule has 0 bridgehead atoms. The quantitative estimate of drug-likeness (QED) is 0.541. The van der Waals surface area contributed by atoms with E-state index in [0.717, 1.165) is 13.0 Å². The number of hydrogen-bond donors (Lipinski definition) is 1. The minimum absolute atomic E-state index is 0.844. The summed E-state index contributed by atoms with van der Waals surface area (Å²) in [5, 5.41) is 0. The van der Waals surface area contributed by atoms with Crippen molar-refractivity contribution in [2.75, 3.05) is 6.54 Å². The molecule has 0 aromatic heterocycles. The topological polar surface area (TPSA) is 26.0 Å². The Bertz CT molecular complexity index is 29.4. The Morgan fingerprint density at radius 1 is 1.00 bits per heavy atom. The zero-order valence-electron chi connectivity index (χ0n) is 5.53. The molecule has 0 aromatic carbocycles. The largest absolute Gasteiger partial charge is 0.330 e. The van der Waals surface area contributed by atoms with Crippen LogP contribution in [0.25, 0.3) is 0 Å². The zero-order valence-corrected chi connectivity index (χ0v) is 5.53. The molecule has 1 heteroatoms. The number of hydrogen-bond acceptors (Lipinski definition) is 1. The van der Waals surface area contributed by atoms with Gasteiger partial charge in [-0.05, 0) is 13.0 Å². The maximum atomic E-state index is 5.30. The van der Waals surface area contributed by atoms with Crippen LogP contribution in [0, 0.1) is 6.92 Å². The first-order chi connectivity index (χ1) is 3.91. The molecule has 0 aliphatic heterocycles. The third kappa shape index (κ3) is 5.96. The minimum Gasteiger partial charge on any atom is -0.330 e. The molecule has 1 radical (unpaired) electrons. The van der Waals surface area contributed by atoms with Gasteiger partial charge in [-0.25, -0.2) is 0 Å². The van der Waals surface area contributed by atoms with E-state index >= 15 is 0 Å². The van der Waals surface area contributed by atoms with Crippen LogP contribution in [0.2, 0.25) is 0 Å². The molecule has 0 saturated heterocycles. The summed E-state index contributed by atoms with van der Waals surface area (Å²) in [5.41, 5.74) is 5.30. The summed E-state index contributed by atoms with van der Waals surface area (Å²) in [6, 6.07) is 0.